The molecule has 1 fully saturated rings. The van der Waals surface area contributed by atoms with E-state index in [2.05, 4.69) is 10.4 Å². The molecule has 94 valence electrons. The van der Waals surface area contributed by atoms with Crippen LogP contribution in [0.25, 0.3) is 0 Å². The molecule has 5 nitrogen and oxygen atoms in total. The van der Waals surface area contributed by atoms with Gasteiger partial charge in [-0.1, -0.05) is 0 Å². The van der Waals surface area contributed by atoms with Gasteiger partial charge in [0.15, 0.2) is 0 Å². The number of amides is 1. The van der Waals surface area contributed by atoms with Gasteiger partial charge >= 0.3 is 0 Å². The Labute approximate surface area is 101 Å². The van der Waals surface area contributed by atoms with Crippen LogP contribution in [-0.4, -0.2) is 27.8 Å². The van der Waals surface area contributed by atoms with E-state index >= 15 is 0 Å². The summed E-state index contributed by atoms with van der Waals surface area (Å²) in [6.45, 7) is 2.44. The molecule has 0 bridgehead atoms. The third kappa shape index (κ3) is 2.85. The van der Waals surface area contributed by atoms with Gasteiger partial charge in [-0.25, -0.2) is 0 Å². The Morgan fingerprint density at radius 1 is 1.71 bits per heavy atom. The lowest BCUT2D eigenvalue weighted by Gasteiger charge is -2.22. The number of carbonyl (C=O) groups excluding carboxylic acids is 1. The monoisotopic (exact) mass is 236 g/mol. The maximum absolute atomic E-state index is 11.9. The topological polar surface area (TPSA) is 72.9 Å². The summed E-state index contributed by atoms with van der Waals surface area (Å²) in [5, 5.41) is 6.98. The number of rotatable bonds is 5. The van der Waals surface area contributed by atoms with Gasteiger partial charge in [-0.05, 0) is 37.7 Å². The van der Waals surface area contributed by atoms with Crippen molar-refractivity contribution in [2.75, 3.05) is 6.54 Å². The molecular weight excluding hydrogens is 216 g/mol. The second-order valence-corrected chi connectivity index (χ2v) is 5.09. The molecule has 0 saturated heterocycles. The third-order valence-electron chi connectivity index (χ3n) is 3.37. The predicted molar refractivity (Wildman–Crippen MR) is 65.2 cm³/mol. The first kappa shape index (κ1) is 12.1. The molecule has 1 saturated carbocycles. The molecule has 1 unspecified atom stereocenters. The van der Waals surface area contributed by atoms with Crippen molar-refractivity contribution in [2.45, 2.75) is 31.7 Å². The Kier molecular flexibility index (Phi) is 3.19. The standard InChI is InChI=1S/C12H20N4O/c1-12(13,10-3-4-10)11(17)14-6-5-9-7-15-16(2)8-9/h7-8,10H,3-6,13H2,1-2H3,(H,14,17). The molecule has 3 N–H and O–H groups in total. The van der Waals surface area contributed by atoms with Crippen LogP contribution in [0.1, 0.15) is 25.3 Å². The molecule has 2 rings (SSSR count). The molecule has 0 radical (unpaired) electrons. The van der Waals surface area contributed by atoms with Crippen LogP contribution in [0.15, 0.2) is 12.4 Å². The molecule has 1 atom stereocenters. The summed E-state index contributed by atoms with van der Waals surface area (Å²) < 4.78 is 1.76. The molecule has 1 heterocycles. The van der Waals surface area contributed by atoms with Crippen LogP contribution < -0.4 is 11.1 Å². The maximum Gasteiger partial charge on any atom is 0.240 e. The van der Waals surface area contributed by atoms with Crippen molar-refractivity contribution in [2.24, 2.45) is 18.7 Å². The molecule has 1 aliphatic rings. The lowest BCUT2D eigenvalue weighted by molar-refractivity contribution is -0.126. The highest BCUT2D eigenvalue weighted by Gasteiger charge is 2.43. The molecule has 1 aromatic rings. The van der Waals surface area contributed by atoms with Gasteiger partial charge in [0.25, 0.3) is 0 Å². The largest absolute Gasteiger partial charge is 0.354 e. The van der Waals surface area contributed by atoms with Crippen LogP contribution in [0.3, 0.4) is 0 Å². The predicted octanol–water partition coefficient (Wildman–Crippen LogP) is 0.206. The van der Waals surface area contributed by atoms with E-state index < -0.39 is 5.54 Å². The van der Waals surface area contributed by atoms with E-state index in [-0.39, 0.29) is 5.91 Å². The van der Waals surface area contributed by atoms with Gasteiger partial charge in [0, 0.05) is 19.8 Å². The minimum Gasteiger partial charge on any atom is -0.354 e. The highest BCUT2D eigenvalue weighted by molar-refractivity contribution is 5.86. The number of nitrogens with zero attached hydrogens (tertiary/aromatic N) is 2. The summed E-state index contributed by atoms with van der Waals surface area (Å²) in [7, 11) is 1.88. The van der Waals surface area contributed by atoms with Gasteiger partial charge in [0.2, 0.25) is 5.91 Å². The molecule has 5 heteroatoms. The van der Waals surface area contributed by atoms with Crippen molar-refractivity contribution >= 4 is 5.91 Å². The molecule has 17 heavy (non-hydrogen) atoms. The van der Waals surface area contributed by atoms with Gasteiger partial charge in [-0.15, -0.1) is 0 Å². The smallest absolute Gasteiger partial charge is 0.240 e. The molecule has 0 spiro atoms. The maximum atomic E-state index is 11.9. The van der Waals surface area contributed by atoms with Gasteiger partial charge in [0.1, 0.15) is 0 Å². The summed E-state index contributed by atoms with van der Waals surface area (Å²) >= 11 is 0. The first-order valence-electron chi connectivity index (χ1n) is 6.05. The number of aryl methyl sites for hydroxylation is 1. The number of carbonyl (C=O) groups is 1. The summed E-state index contributed by atoms with van der Waals surface area (Å²) in [5.41, 5.74) is 6.44. The highest BCUT2D eigenvalue weighted by Crippen LogP contribution is 2.38. The van der Waals surface area contributed by atoms with Crippen LogP contribution in [0.4, 0.5) is 0 Å². The minimum absolute atomic E-state index is 0.0381. The lowest BCUT2D eigenvalue weighted by Crippen LogP contribution is -2.53. The fourth-order valence-electron chi connectivity index (χ4n) is 1.98. The average molecular weight is 236 g/mol. The quantitative estimate of drug-likeness (QED) is 0.767. The van der Waals surface area contributed by atoms with Crippen molar-refractivity contribution < 1.29 is 4.79 Å². The molecule has 1 amide bonds. The van der Waals surface area contributed by atoms with Crippen molar-refractivity contribution in [3.63, 3.8) is 0 Å². The number of nitrogens with one attached hydrogen (secondary N) is 1. The highest BCUT2D eigenvalue weighted by atomic mass is 16.2. The van der Waals surface area contributed by atoms with Gasteiger partial charge < -0.3 is 11.1 Å². The van der Waals surface area contributed by atoms with Gasteiger partial charge in [-0.2, -0.15) is 5.10 Å². The fraction of sp³-hybridized carbons (Fsp3) is 0.667. The van der Waals surface area contributed by atoms with Crippen molar-refractivity contribution in [3.8, 4) is 0 Å². The first-order valence-corrected chi connectivity index (χ1v) is 6.05. The van der Waals surface area contributed by atoms with E-state index in [0.29, 0.717) is 12.5 Å². The molecular formula is C12H20N4O. The summed E-state index contributed by atoms with van der Waals surface area (Å²) in [6, 6.07) is 0. The van der Waals surface area contributed by atoms with E-state index in [4.69, 9.17) is 5.73 Å². The Morgan fingerprint density at radius 3 is 2.94 bits per heavy atom. The number of hydrogen-bond donors (Lipinski definition) is 2. The Morgan fingerprint density at radius 2 is 2.41 bits per heavy atom. The van der Waals surface area contributed by atoms with E-state index in [0.717, 1.165) is 24.8 Å². The van der Waals surface area contributed by atoms with Gasteiger partial charge in [-0.3, -0.25) is 9.48 Å². The number of nitrogens with two attached hydrogens (primary N) is 1. The number of aromatic nitrogens is 2. The zero-order valence-corrected chi connectivity index (χ0v) is 10.4. The van der Waals surface area contributed by atoms with E-state index in [1.807, 2.05) is 26.4 Å². The van der Waals surface area contributed by atoms with Crippen molar-refractivity contribution in [1.29, 1.82) is 0 Å². The second kappa shape index (κ2) is 4.49. The fourth-order valence-corrected chi connectivity index (χ4v) is 1.98. The Balaban J connectivity index is 1.76. The van der Waals surface area contributed by atoms with Crippen LogP contribution in [-0.2, 0) is 18.3 Å². The SMILES string of the molecule is Cn1cc(CCNC(=O)C(C)(N)C2CC2)cn1. The normalized spacial score (nSPS) is 18.8. The van der Waals surface area contributed by atoms with Crippen LogP contribution in [0.5, 0.6) is 0 Å². The Hall–Kier alpha value is -1.36. The minimum atomic E-state index is -0.699. The summed E-state index contributed by atoms with van der Waals surface area (Å²) in [4.78, 5) is 11.9. The zero-order chi connectivity index (χ0) is 12.5. The van der Waals surface area contributed by atoms with Crippen molar-refractivity contribution in [3.05, 3.63) is 18.0 Å². The second-order valence-electron chi connectivity index (χ2n) is 5.09. The molecule has 0 aliphatic heterocycles. The van der Waals surface area contributed by atoms with Crippen LogP contribution >= 0.6 is 0 Å². The van der Waals surface area contributed by atoms with Crippen LogP contribution in [0.2, 0.25) is 0 Å². The Bertz CT molecular complexity index is 406. The van der Waals surface area contributed by atoms with E-state index in [1.54, 1.807) is 4.68 Å². The van der Waals surface area contributed by atoms with E-state index in [9.17, 15) is 4.79 Å². The number of hydrogen-bond acceptors (Lipinski definition) is 3. The molecule has 1 aromatic heterocycles. The first-order chi connectivity index (χ1) is 8.00. The summed E-state index contributed by atoms with van der Waals surface area (Å²) in [5.74, 6) is 0.324. The molecule has 1 aliphatic carbocycles. The van der Waals surface area contributed by atoms with Gasteiger partial charge in [0.05, 0.1) is 11.7 Å². The van der Waals surface area contributed by atoms with Crippen molar-refractivity contribution in [1.82, 2.24) is 15.1 Å². The van der Waals surface area contributed by atoms with Crippen LogP contribution in [0, 0.1) is 5.92 Å². The third-order valence-corrected chi connectivity index (χ3v) is 3.37. The van der Waals surface area contributed by atoms with E-state index in [1.165, 1.54) is 0 Å². The molecule has 0 aromatic carbocycles. The summed E-state index contributed by atoms with van der Waals surface area (Å²) in [6.07, 6.45) is 6.70. The lowest BCUT2D eigenvalue weighted by atomic mass is 9.96. The zero-order valence-electron chi connectivity index (χ0n) is 10.4. The average Bonchev–Trinajstić information content (AvgIpc) is 3.04.